The first-order valence-electron chi connectivity index (χ1n) is 14.1. The largest absolute Gasteiger partial charge is 0.434 e. The van der Waals surface area contributed by atoms with Crippen LogP contribution in [0.3, 0.4) is 0 Å². The first-order valence-corrected chi connectivity index (χ1v) is 14.1. The van der Waals surface area contributed by atoms with E-state index in [2.05, 4.69) is 51.5 Å². The van der Waals surface area contributed by atoms with E-state index >= 15 is 0 Å². The molecule has 40 heavy (non-hydrogen) atoms. The minimum Gasteiger partial charge on any atom is -0.426 e. The van der Waals surface area contributed by atoms with Crippen molar-refractivity contribution in [2.24, 2.45) is 5.41 Å². The number of aryl methyl sites for hydroxylation is 1. The number of amides is 1. The molecule has 224 valence electrons. The zero-order chi connectivity index (χ0) is 28.9. The Morgan fingerprint density at radius 3 is 2.20 bits per heavy atom. The number of likely N-dealkylation sites (tertiary alicyclic amines) is 3. The average Bonchev–Trinajstić information content (AvgIpc) is 3.45. The molecule has 1 amide bonds. The van der Waals surface area contributed by atoms with Gasteiger partial charge in [-0.3, -0.25) is 4.90 Å². The summed E-state index contributed by atoms with van der Waals surface area (Å²) >= 11 is 0. The molecule has 5 rings (SSSR count). The van der Waals surface area contributed by atoms with E-state index in [1.165, 1.54) is 24.9 Å². The summed E-state index contributed by atoms with van der Waals surface area (Å²) in [5.74, 6) is 0. The number of nitrogens with zero attached hydrogens (tertiary/aromatic N) is 4. The predicted molar refractivity (Wildman–Crippen MR) is 138 cm³/mol. The van der Waals surface area contributed by atoms with Gasteiger partial charge in [0.25, 0.3) is 6.10 Å². The van der Waals surface area contributed by atoms with Crippen LogP contribution in [0.25, 0.3) is 0 Å². The van der Waals surface area contributed by atoms with Gasteiger partial charge in [0.05, 0.1) is 5.54 Å². The first kappa shape index (κ1) is 29.3. The van der Waals surface area contributed by atoms with Crippen molar-refractivity contribution in [3.63, 3.8) is 0 Å². The summed E-state index contributed by atoms with van der Waals surface area (Å²) in [6.07, 6.45) is -11.9. The molecule has 0 N–H and O–H groups in total. The number of ether oxygens (including phenoxy) is 1. The average molecular weight is 577 g/mol. The van der Waals surface area contributed by atoms with Gasteiger partial charge in [0.1, 0.15) is 0 Å². The van der Waals surface area contributed by atoms with E-state index in [1.807, 2.05) is 0 Å². The Morgan fingerprint density at radius 1 is 0.925 bits per heavy atom. The third-order valence-corrected chi connectivity index (χ3v) is 9.45. The number of carbonyl (C=O) groups excluding carboxylic acids is 1. The van der Waals surface area contributed by atoms with Crippen molar-refractivity contribution in [3.05, 3.63) is 29.3 Å². The molecule has 2 spiro atoms. The van der Waals surface area contributed by atoms with Gasteiger partial charge in [0, 0.05) is 38.4 Å². The molecule has 0 saturated carbocycles. The topological polar surface area (TPSA) is 39.3 Å². The predicted octanol–water partition coefficient (Wildman–Crippen LogP) is 5.59. The molecular weight excluding hydrogens is 538 g/mol. The van der Waals surface area contributed by atoms with Crippen molar-refractivity contribution < 1.29 is 35.9 Å². The third kappa shape index (κ3) is 5.89. The van der Waals surface area contributed by atoms with Gasteiger partial charge < -0.3 is 19.4 Å². The van der Waals surface area contributed by atoms with E-state index in [9.17, 15) is 31.1 Å². The fourth-order valence-corrected chi connectivity index (χ4v) is 7.13. The fourth-order valence-electron chi connectivity index (χ4n) is 7.13. The van der Waals surface area contributed by atoms with E-state index in [-0.39, 0.29) is 13.1 Å². The number of rotatable bonds is 5. The van der Waals surface area contributed by atoms with Gasteiger partial charge in [0.2, 0.25) is 0 Å². The van der Waals surface area contributed by atoms with Gasteiger partial charge in [-0.05, 0) is 93.9 Å². The summed E-state index contributed by atoms with van der Waals surface area (Å²) in [5, 5.41) is 0. The lowest BCUT2D eigenvalue weighted by molar-refractivity contribution is -0.309. The van der Waals surface area contributed by atoms with Crippen molar-refractivity contribution in [2.45, 2.75) is 76.5 Å². The van der Waals surface area contributed by atoms with Crippen LogP contribution in [0.2, 0.25) is 0 Å². The highest BCUT2D eigenvalue weighted by Crippen LogP contribution is 2.44. The van der Waals surface area contributed by atoms with Gasteiger partial charge in [-0.1, -0.05) is 13.0 Å². The van der Waals surface area contributed by atoms with Crippen LogP contribution in [-0.4, -0.2) is 97.1 Å². The van der Waals surface area contributed by atoms with E-state index in [1.54, 1.807) is 0 Å². The van der Waals surface area contributed by atoms with Gasteiger partial charge in [-0.25, -0.2) is 4.79 Å². The number of benzene rings is 1. The van der Waals surface area contributed by atoms with Gasteiger partial charge in [0.15, 0.2) is 0 Å². The van der Waals surface area contributed by atoms with Crippen LogP contribution in [0.4, 0.5) is 36.8 Å². The zero-order valence-corrected chi connectivity index (χ0v) is 23.1. The monoisotopic (exact) mass is 576 g/mol. The Labute approximate surface area is 231 Å². The van der Waals surface area contributed by atoms with Crippen LogP contribution < -0.4 is 4.90 Å². The van der Waals surface area contributed by atoms with E-state index in [4.69, 9.17) is 0 Å². The molecule has 0 atom stereocenters. The standard InChI is InChI=1S/C28H38F6N4O2/c1-3-35-10-6-25(7-11-35)8-12-36(17-25)22-14-20(2)13-21(15-22)16-38-9-4-5-26(38)18-37(19-26)24(39)40-23(27(29,30)31)28(32,33)34/h13-15,23H,3-12,16-19H2,1-2H3. The van der Waals surface area contributed by atoms with E-state index in [0.29, 0.717) is 12.0 Å². The molecule has 1 aromatic carbocycles. The van der Waals surface area contributed by atoms with Crippen molar-refractivity contribution >= 4 is 11.8 Å². The number of halogens is 6. The highest BCUT2D eigenvalue weighted by molar-refractivity contribution is 5.69. The molecule has 12 heteroatoms. The quantitative estimate of drug-likeness (QED) is 0.428. The summed E-state index contributed by atoms with van der Waals surface area (Å²) in [5.41, 5.74) is 3.37. The summed E-state index contributed by atoms with van der Waals surface area (Å²) in [6.45, 7) is 11.2. The molecule has 4 heterocycles. The Hall–Kier alpha value is -2.21. The fraction of sp³-hybridized carbons (Fsp3) is 0.750. The van der Waals surface area contributed by atoms with E-state index in [0.717, 1.165) is 68.1 Å². The van der Waals surface area contributed by atoms with E-state index < -0.39 is 30.1 Å². The van der Waals surface area contributed by atoms with Crippen LogP contribution in [0.1, 0.15) is 50.2 Å². The molecule has 4 fully saturated rings. The highest BCUT2D eigenvalue weighted by Gasteiger charge is 2.61. The number of piperidine rings is 1. The van der Waals surface area contributed by atoms with Crippen LogP contribution in [0.15, 0.2) is 18.2 Å². The van der Waals surface area contributed by atoms with Crippen molar-refractivity contribution in [1.29, 1.82) is 0 Å². The van der Waals surface area contributed by atoms with Gasteiger partial charge in [-0.2, -0.15) is 26.3 Å². The second kappa shape index (κ2) is 10.6. The number of anilines is 1. The lowest BCUT2D eigenvalue weighted by Crippen LogP contribution is -2.69. The molecule has 4 aliphatic heterocycles. The number of alkyl halides is 6. The smallest absolute Gasteiger partial charge is 0.426 e. The first-order chi connectivity index (χ1) is 18.7. The van der Waals surface area contributed by atoms with Crippen LogP contribution in [0.5, 0.6) is 0 Å². The molecule has 0 unspecified atom stereocenters. The Bertz CT molecular complexity index is 1070. The Morgan fingerprint density at radius 2 is 1.57 bits per heavy atom. The maximum Gasteiger partial charge on any atom is 0.434 e. The molecule has 0 bridgehead atoms. The SMILES string of the molecule is CCN1CCC2(CC1)CCN(c1cc(C)cc(CN3CCCC34CN(C(=O)OC(C(F)(F)F)C(F)(F)F)C4)c1)C2. The maximum atomic E-state index is 12.8. The molecule has 0 aromatic heterocycles. The summed E-state index contributed by atoms with van der Waals surface area (Å²) < 4.78 is 81.0. The number of hydrogen-bond donors (Lipinski definition) is 0. The van der Waals surface area contributed by atoms with Crippen molar-refractivity contribution in [3.8, 4) is 0 Å². The van der Waals surface area contributed by atoms with Gasteiger partial charge in [-0.15, -0.1) is 0 Å². The molecule has 0 aliphatic carbocycles. The Balaban J connectivity index is 1.21. The number of hydrogen-bond acceptors (Lipinski definition) is 5. The number of carbonyl (C=O) groups is 1. The van der Waals surface area contributed by atoms with Crippen LogP contribution in [0, 0.1) is 12.3 Å². The second-order valence-corrected chi connectivity index (χ2v) is 12.2. The minimum absolute atomic E-state index is 0.0519. The zero-order valence-electron chi connectivity index (χ0n) is 23.1. The third-order valence-electron chi connectivity index (χ3n) is 9.45. The molecule has 1 aromatic rings. The second-order valence-electron chi connectivity index (χ2n) is 12.2. The molecule has 6 nitrogen and oxygen atoms in total. The highest BCUT2D eigenvalue weighted by atomic mass is 19.4. The normalized spacial score (nSPS) is 23.4. The lowest BCUT2D eigenvalue weighted by atomic mass is 9.78. The van der Waals surface area contributed by atoms with Crippen molar-refractivity contribution in [1.82, 2.24) is 14.7 Å². The van der Waals surface area contributed by atoms with Crippen LogP contribution >= 0.6 is 0 Å². The molecular formula is C28H38F6N4O2. The summed E-state index contributed by atoms with van der Waals surface area (Å²) in [6, 6.07) is 6.55. The Kier molecular flexibility index (Phi) is 7.74. The lowest BCUT2D eigenvalue weighted by Gasteiger charge is -2.52. The van der Waals surface area contributed by atoms with Crippen LogP contribution in [-0.2, 0) is 11.3 Å². The summed E-state index contributed by atoms with van der Waals surface area (Å²) in [4.78, 5) is 20.4. The van der Waals surface area contributed by atoms with Gasteiger partial charge >= 0.3 is 18.4 Å². The maximum absolute atomic E-state index is 12.8. The molecule has 4 saturated heterocycles. The van der Waals surface area contributed by atoms with Crippen molar-refractivity contribution in [2.75, 3.05) is 57.3 Å². The molecule has 4 aliphatic rings. The summed E-state index contributed by atoms with van der Waals surface area (Å²) in [7, 11) is 0. The minimum atomic E-state index is -5.72. The molecule has 0 radical (unpaired) electrons.